The number of dihydropyridines is 1. The van der Waals surface area contributed by atoms with E-state index in [1.807, 2.05) is 31.2 Å². The van der Waals surface area contributed by atoms with E-state index >= 15 is 0 Å². The van der Waals surface area contributed by atoms with Crippen molar-refractivity contribution in [2.75, 3.05) is 18.1 Å². The van der Waals surface area contributed by atoms with Gasteiger partial charge in [-0.15, -0.1) is 0 Å². The smallest absolute Gasteiger partial charge is 0.336 e. The second-order valence-electron chi connectivity index (χ2n) is 6.62. The molecule has 0 radical (unpaired) electrons. The molecule has 1 aliphatic heterocycles. The molecule has 1 atom stereocenters. The average molecular weight is 450 g/mol. The number of thioether (sulfide) groups is 1. The van der Waals surface area contributed by atoms with Gasteiger partial charge in [0.2, 0.25) is 0 Å². The van der Waals surface area contributed by atoms with E-state index in [2.05, 4.69) is 28.2 Å². The van der Waals surface area contributed by atoms with Crippen LogP contribution in [0.3, 0.4) is 0 Å². The lowest BCUT2D eigenvalue weighted by Crippen LogP contribution is -2.34. The number of Topliss-reactive ketones (excluding diaryl/α,β-unsaturated/α-hetero) is 1. The molecule has 1 N–H and O–H groups in total. The molecule has 0 aromatic heterocycles. The van der Waals surface area contributed by atoms with Gasteiger partial charge in [0, 0.05) is 39.5 Å². The zero-order valence-electron chi connectivity index (χ0n) is 15.6. The quantitative estimate of drug-likeness (QED) is 0.503. The van der Waals surface area contributed by atoms with Gasteiger partial charge in [-0.05, 0) is 37.1 Å². The fourth-order valence-corrected chi connectivity index (χ4v) is 4.69. The topological polar surface area (TPSA) is 55.4 Å². The van der Waals surface area contributed by atoms with E-state index in [1.54, 1.807) is 11.8 Å². The minimum atomic E-state index is -0.393. The van der Waals surface area contributed by atoms with E-state index in [0.717, 1.165) is 45.8 Å². The number of rotatable bonds is 6. The standard InChI is InChI=1S/C21H24BrNO3S/c1-3-27-12-11-26-21(25)18-13(2)23-16-9-6-10-17(24)20(16)19(18)14-7-4-5-8-15(14)22/h4-5,7-8,19,23H,3,6,9-12H2,1-2H3/t19-/m0/s1. The first kappa shape index (κ1) is 20.2. The van der Waals surface area contributed by atoms with E-state index in [9.17, 15) is 9.59 Å². The Morgan fingerprint density at radius 3 is 2.85 bits per heavy atom. The van der Waals surface area contributed by atoms with Crippen LogP contribution in [-0.4, -0.2) is 29.9 Å². The van der Waals surface area contributed by atoms with Gasteiger partial charge in [0.15, 0.2) is 5.78 Å². The summed E-state index contributed by atoms with van der Waals surface area (Å²) in [4.78, 5) is 25.8. The molecule has 0 spiro atoms. The Balaban J connectivity index is 2.01. The van der Waals surface area contributed by atoms with Crippen molar-refractivity contribution in [2.24, 2.45) is 0 Å². The molecule has 1 aromatic rings. The number of benzene rings is 1. The molecule has 0 unspecified atom stereocenters. The number of carbonyl (C=O) groups excluding carboxylic acids is 2. The molecule has 1 aliphatic carbocycles. The molecule has 4 nitrogen and oxygen atoms in total. The zero-order chi connectivity index (χ0) is 19.4. The SMILES string of the molecule is CCSCCOC(=O)C1=C(C)NC2=C(C(=O)CCC2)[C@H]1c1ccccc1Br. The Labute approximate surface area is 172 Å². The van der Waals surface area contributed by atoms with E-state index in [0.29, 0.717) is 24.2 Å². The molecule has 0 bridgehead atoms. The summed E-state index contributed by atoms with van der Waals surface area (Å²) in [7, 11) is 0. The number of nitrogens with one attached hydrogen (secondary N) is 1. The van der Waals surface area contributed by atoms with Gasteiger partial charge in [-0.1, -0.05) is 41.1 Å². The third-order valence-corrected chi connectivity index (χ3v) is 6.46. The number of hydrogen-bond donors (Lipinski definition) is 1. The van der Waals surface area contributed by atoms with Gasteiger partial charge in [0.05, 0.1) is 5.57 Å². The van der Waals surface area contributed by atoms with E-state index < -0.39 is 5.92 Å². The molecule has 6 heteroatoms. The molecule has 1 aromatic carbocycles. The second-order valence-corrected chi connectivity index (χ2v) is 8.87. The number of halogens is 1. The van der Waals surface area contributed by atoms with E-state index in [1.165, 1.54) is 0 Å². The molecule has 27 heavy (non-hydrogen) atoms. The zero-order valence-corrected chi connectivity index (χ0v) is 18.0. The highest BCUT2D eigenvalue weighted by Crippen LogP contribution is 2.44. The van der Waals surface area contributed by atoms with Crippen LogP contribution in [0, 0.1) is 0 Å². The highest BCUT2D eigenvalue weighted by molar-refractivity contribution is 9.10. The van der Waals surface area contributed by atoms with Crippen LogP contribution in [0.1, 0.15) is 44.6 Å². The lowest BCUT2D eigenvalue weighted by atomic mass is 9.75. The molecule has 144 valence electrons. The van der Waals surface area contributed by atoms with Crippen molar-refractivity contribution in [1.82, 2.24) is 5.32 Å². The average Bonchev–Trinajstić information content (AvgIpc) is 2.65. The fourth-order valence-electron chi connectivity index (χ4n) is 3.69. The van der Waals surface area contributed by atoms with Crippen LogP contribution in [0.15, 0.2) is 51.3 Å². The van der Waals surface area contributed by atoms with E-state index in [-0.39, 0.29) is 11.8 Å². The summed E-state index contributed by atoms with van der Waals surface area (Å²) in [5, 5.41) is 3.32. The third-order valence-electron chi connectivity index (χ3n) is 4.88. The van der Waals surface area contributed by atoms with Crippen molar-refractivity contribution < 1.29 is 14.3 Å². The first-order valence-corrected chi connectivity index (χ1v) is 11.2. The van der Waals surface area contributed by atoms with Crippen molar-refractivity contribution >= 4 is 39.4 Å². The number of ether oxygens (including phenoxy) is 1. The van der Waals surface area contributed by atoms with Crippen LogP contribution in [-0.2, 0) is 14.3 Å². The number of carbonyl (C=O) groups is 2. The highest BCUT2D eigenvalue weighted by Gasteiger charge is 2.39. The van der Waals surface area contributed by atoms with Gasteiger partial charge in [-0.25, -0.2) is 4.79 Å². The summed E-state index contributed by atoms with van der Waals surface area (Å²) in [6.07, 6.45) is 2.19. The van der Waals surface area contributed by atoms with E-state index in [4.69, 9.17) is 4.74 Å². The maximum Gasteiger partial charge on any atom is 0.336 e. The minimum absolute atomic E-state index is 0.115. The summed E-state index contributed by atoms with van der Waals surface area (Å²) in [6.45, 7) is 4.34. The summed E-state index contributed by atoms with van der Waals surface area (Å²) in [5.74, 6) is 1.14. The third kappa shape index (κ3) is 4.32. The molecule has 2 aliphatic rings. The van der Waals surface area contributed by atoms with Gasteiger partial charge in [-0.2, -0.15) is 11.8 Å². The molecule has 0 saturated carbocycles. The fraction of sp³-hybridized carbons (Fsp3) is 0.429. The van der Waals surface area contributed by atoms with Crippen LogP contribution < -0.4 is 5.32 Å². The van der Waals surface area contributed by atoms with Crippen LogP contribution >= 0.6 is 27.7 Å². The van der Waals surface area contributed by atoms with Crippen molar-refractivity contribution in [1.29, 1.82) is 0 Å². The maximum absolute atomic E-state index is 13.0. The van der Waals surface area contributed by atoms with Gasteiger partial charge in [-0.3, -0.25) is 4.79 Å². The molecule has 0 fully saturated rings. The normalized spacial score (nSPS) is 19.7. The minimum Gasteiger partial charge on any atom is -0.461 e. The summed E-state index contributed by atoms with van der Waals surface area (Å²) in [5.41, 5.74) is 3.90. The molecule has 1 heterocycles. The van der Waals surface area contributed by atoms with Gasteiger partial charge in [0.25, 0.3) is 0 Å². The Bertz CT molecular complexity index is 815. The van der Waals surface area contributed by atoms with Crippen LogP contribution in [0.4, 0.5) is 0 Å². The van der Waals surface area contributed by atoms with Crippen molar-refractivity contribution in [3.8, 4) is 0 Å². The number of ketones is 1. The predicted molar refractivity (Wildman–Crippen MR) is 113 cm³/mol. The lowest BCUT2D eigenvalue weighted by molar-refractivity contribution is -0.138. The Morgan fingerprint density at radius 1 is 1.33 bits per heavy atom. The first-order chi connectivity index (χ1) is 13.0. The van der Waals surface area contributed by atoms with Gasteiger partial charge < -0.3 is 10.1 Å². The Hall–Kier alpha value is -1.53. The molecule has 0 saturated heterocycles. The summed E-state index contributed by atoms with van der Waals surface area (Å²) in [6, 6.07) is 7.79. The predicted octanol–water partition coefficient (Wildman–Crippen LogP) is 4.71. The van der Waals surface area contributed by atoms with Gasteiger partial charge in [0.1, 0.15) is 6.61 Å². The Kier molecular flexibility index (Phi) is 6.82. The van der Waals surface area contributed by atoms with Crippen LogP contribution in [0.5, 0.6) is 0 Å². The summed E-state index contributed by atoms with van der Waals surface area (Å²) < 4.78 is 6.44. The lowest BCUT2D eigenvalue weighted by Gasteiger charge is -2.34. The molecule has 0 amide bonds. The summed E-state index contributed by atoms with van der Waals surface area (Å²) >= 11 is 5.34. The molecular formula is C21H24BrNO3S. The number of allylic oxidation sites excluding steroid dienone is 3. The van der Waals surface area contributed by atoms with Crippen LogP contribution in [0.2, 0.25) is 0 Å². The first-order valence-electron chi connectivity index (χ1n) is 9.27. The van der Waals surface area contributed by atoms with Crippen LogP contribution in [0.25, 0.3) is 0 Å². The van der Waals surface area contributed by atoms with Crippen molar-refractivity contribution in [2.45, 2.75) is 39.0 Å². The largest absolute Gasteiger partial charge is 0.461 e. The monoisotopic (exact) mass is 449 g/mol. The van der Waals surface area contributed by atoms with Crippen molar-refractivity contribution in [3.05, 3.63) is 56.8 Å². The second kappa shape index (κ2) is 9.11. The molecular weight excluding hydrogens is 426 g/mol. The van der Waals surface area contributed by atoms with Crippen molar-refractivity contribution in [3.63, 3.8) is 0 Å². The number of esters is 1. The number of hydrogen-bond acceptors (Lipinski definition) is 5. The highest BCUT2D eigenvalue weighted by atomic mass is 79.9. The molecule has 3 rings (SSSR count). The van der Waals surface area contributed by atoms with Gasteiger partial charge >= 0.3 is 5.97 Å². The Morgan fingerprint density at radius 2 is 2.11 bits per heavy atom. The maximum atomic E-state index is 13.0.